The Morgan fingerprint density at radius 2 is 1.82 bits per heavy atom. The Morgan fingerprint density at radius 3 is 2.35 bits per heavy atom. The highest BCUT2D eigenvalue weighted by molar-refractivity contribution is 14.1. The fraction of sp³-hybridized carbons (Fsp3) is 0.391. The van der Waals surface area contributed by atoms with E-state index >= 15 is 0 Å². The zero-order valence-corrected chi connectivity index (χ0v) is 20.7. The Labute approximate surface area is 207 Å². The van der Waals surface area contributed by atoms with Crippen LogP contribution in [0.3, 0.4) is 0 Å². The standard InChI is InChI=1S/C23H23IN2O8/c1-7(27)9-6-12(24)17(28)14-10(9)4-8-5-11-16(26(2)3)19(30)15(22(25)33)21(32)23(11,34)20(31)13(8)18(14)29/h6,8,11,16,28-29,32,34H,4-5H2,1-3H3,(H2,25,33). The smallest absolute Gasteiger partial charge is 0.255 e. The molecule has 0 aromatic heterocycles. The number of primary amides is 1. The second-order valence-electron chi connectivity index (χ2n) is 9.13. The molecule has 1 fully saturated rings. The molecule has 0 radical (unpaired) electrons. The Kier molecular flexibility index (Phi) is 5.65. The second-order valence-corrected chi connectivity index (χ2v) is 10.3. The Balaban J connectivity index is 2.02. The summed E-state index contributed by atoms with van der Waals surface area (Å²) in [5.41, 5.74) is 2.04. The highest BCUT2D eigenvalue weighted by Gasteiger charge is 2.64. The van der Waals surface area contributed by atoms with E-state index in [1.54, 1.807) is 22.6 Å². The highest BCUT2D eigenvalue weighted by Crippen LogP contribution is 2.53. The van der Waals surface area contributed by atoms with Crippen molar-refractivity contribution in [1.29, 1.82) is 0 Å². The number of amides is 1. The number of aromatic hydroxyl groups is 1. The first-order valence-electron chi connectivity index (χ1n) is 10.4. The molecule has 4 unspecified atom stereocenters. The van der Waals surface area contributed by atoms with Crippen LogP contribution < -0.4 is 5.73 Å². The number of nitrogens with two attached hydrogens (primary N) is 1. The number of aliphatic hydroxyl groups excluding tert-OH is 2. The maximum absolute atomic E-state index is 13.7. The molecule has 3 aliphatic rings. The van der Waals surface area contributed by atoms with Crippen LogP contribution in [0.5, 0.6) is 5.75 Å². The third-order valence-corrected chi connectivity index (χ3v) is 7.88. The molecule has 0 bridgehead atoms. The normalized spacial score (nSPS) is 28.6. The zero-order valence-electron chi connectivity index (χ0n) is 18.5. The Bertz CT molecular complexity index is 1260. The summed E-state index contributed by atoms with van der Waals surface area (Å²) in [6.45, 7) is 1.35. The maximum atomic E-state index is 13.7. The molecule has 10 nitrogen and oxygen atoms in total. The van der Waals surface area contributed by atoms with E-state index in [-0.39, 0.29) is 44.6 Å². The van der Waals surface area contributed by atoms with Crippen molar-refractivity contribution in [3.05, 3.63) is 43.2 Å². The fourth-order valence-corrected chi connectivity index (χ4v) is 6.17. The van der Waals surface area contributed by atoms with E-state index in [9.17, 15) is 39.6 Å². The van der Waals surface area contributed by atoms with E-state index < -0.39 is 58.0 Å². The van der Waals surface area contributed by atoms with Crippen molar-refractivity contribution in [2.75, 3.05) is 14.1 Å². The van der Waals surface area contributed by atoms with Crippen LogP contribution in [0.15, 0.2) is 23.0 Å². The molecule has 0 saturated heterocycles. The van der Waals surface area contributed by atoms with Crippen molar-refractivity contribution in [2.45, 2.75) is 31.4 Å². The number of Topliss-reactive ketones (excluding diaryl/α,β-unsaturated/α-hetero) is 3. The van der Waals surface area contributed by atoms with Gasteiger partial charge in [-0.15, -0.1) is 0 Å². The summed E-state index contributed by atoms with van der Waals surface area (Å²) < 4.78 is 0.279. The van der Waals surface area contributed by atoms with Crippen LogP contribution in [0.25, 0.3) is 5.76 Å². The number of rotatable bonds is 3. The van der Waals surface area contributed by atoms with E-state index in [1.165, 1.54) is 32.0 Å². The van der Waals surface area contributed by atoms with Gasteiger partial charge in [-0.25, -0.2) is 0 Å². The van der Waals surface area contributed by atoms with Gasteiger partial charge in [-0.2, -0.15) is 0 Å². The minimum absolute atomic E-state index is 0.0319. The number of nitrogens with zero attached hydrogens (tertiary/aromatic N) is 1. The van der Waals surface area contributed by atoms with Gasteiger partial charge in [0.2, 0.25) is 5.78 Å². The van der Waals surface area contributed by atoms with Crippen molar-refractivity contribution < 1.29 is 39.6 Å². The van der Waals surface area contributed by atoms with Crippen molar-refractivity contribution >= 4 is 51.6 Å². The Hall–Kier alpha value is -2.77. The first-order chi connectivity index (χ1) is 15.7. The number of likely N-dealkylation sites (N-methyl/N-ethyl adjacent to an activating group) is 1. The number of carbonyl (C=O) groups excluding carboxylic acids is 4. The topological polar surface area (TPSA) is 178 Å². The number of benzene rings is 1. The quantitative estimate of drug-likeness (QED) is 0.196. The molecule has 4 atom stereocenters. The number of phenolic OH excluding ortho intramolecular Hbond substituents is 1. The molecule has 11 heteroatoms. The Morgan fingerprint density at radius 1 is 1.21 bits per heavy atom. The molecule has 6 N–H and O–H groups in total. The van der Waals surface area contributed by atoms with Gasteiger partial charge in [0, 0.05) is 17.1 Å². The van der Waals surface area contributed by atoms with E-state index in [0.29, 0.717) is 5.56 Å². The molecule has 3 aliphatic carbocycles. The van der Waals surface area contributed by atoms with Crippen LogP contribution in [0, 0.1) is 15.4 Å². The lowest BCUT2D eigenvalue weighted by atomic mass is 9.57. The van der Waals surface area contributed by atoms with Gasteiger partial charge >= 0.3 is 0 Å². The molecular formula is C23H23IN2O8. The van der Waals surface area contributed by atoms with E-state index in [2.05, 4.69) is 0 Å². The number of phenols is 1. The molecule has 0 aliphatic heterocycles. The SMILES string of the molecule is CC(=O)c1cc(I)c(O)c2c1CC1CC3C(N(C)C)C(=O)C(C(N)=O)=C(O)C3(O)C(=O)C1=C2O. The van der Waals surface area contributed by atoms with Gasteiger partial charge in [0.1, 0.15) is 22.8 Å². The molecule has 0 heterocycles. The number of halogens is 1. The minimum atomic E-state index is -2.69. The number of ketones is 3. The van der Waals surface area contributed by atoms with E-state index in [4.69, 9.17) is 5.73 Å². The molecule has 1 amide bonds. The average Bonchev–Trinajstić information content (AvgIpc) is 2.72. The van der Waals surface area contributed by atoms with Crippen molar-refractivity contribution in [3.63, 3.8) is 0 Å². The van der Waals surface area contributed by atoms with Crippen LogP contribution in [0.4, 0.5) is 0 Å². The number of hydrogen-bond donors (Lipinski definition) is 5. The largest absolute Gasteiger partial charge is 0.508 e. The minimum Gasteiger partial charge on any atom is -0.508 e. The fourth-order valence-electron chi connectivity index (χ4n) is 5.59. The third-order valence-electron chi connectivity index (χ3n) is 7.05. The molecule has 0 spiro atoms. The lowest BCUT2D eigenvalue weighted by molar-refractivity contribution is -0.153. The molecule has 1 aromatic rings. The van der Waals surface area contributed by atoms with Gasteiger partial charge < -0.3 is 26.2 Å². The van der Waals surface area contributed by atoms with Crippen LogP contribution in [-0.2, 0) is 20.8 Å². The highest BCUT2D eigenvalue weighted by atomic mass is 127. The molecular weight excluding hydrogens is 559 g/mol. The van der Waals surface area contributed by atoms with Gasteiger partial charge in [0.25, 0.3) is 5.91 Å². The summed E-state index contributed by atoms with van der Waals surface area (Å²) in [5, 5.41) is 44.1. The van der Waals surface area contributed by atoms with Gasteiger partial charge in [0.15, 0.2) is 17.2 Å². The predicted octanol–water partition coefficient (Wildman–Crippen LogP) is 0.771. The van der Waals surface area contributed by atoms with Gasteiger partial charge in [-0.3, -0.25) is 24.1 Å². The zero-order chi connectivity index (χ0) is 25.4. The van der Waals surface area contributed by atoms with Crippen LogP contribution >= 0.6 is 22.6 Å². The average molecular weight is 582 g/mol. The van der Waals surface area contributed by atoms with Crippen LogP contribution in [0.2, 0.25) is 0 Å². The van der Waals surface area contributed by atoms with Crippen molar-refractivity contribution in [1.82, 2.24) is 4.90 Å². The van der Waals surface area contributed by atoms with Gasteiger partial charge in [-0.1, -0.05) is 0 Å². The van der Waals surface area contributed by atoms with E-state index in [1.807, 2.05) is 0 Å². The van der Waals surface area contributed by atoms with Crippen LogP contribution in [0.1, 0.15) is 34.8 Å². The maximum Gasteiger partial charge on any atom is 0.255 e. The number of carbonyl (C=O) groups is 4. The molecule has 1 aromatic carbocycles. The summed E-state index contributed by atoms with van der Waals surface area (Å²) in [6.07, 6.45) is 0.0454. The summed E-state index contributed by atoms with van der Waals surface area (Å²) in [6, 6.07) is 0.339. The van der Waals surface area contributed by atoms with E-state index in [0.717, 1.165) is 0 Å². The first kappa shape index (κ1) is 24.4. The first-order valence-corrected chi connectivity index (χ1v) is 11.5. The number of fused-ring (bicyclic) bond motifs is 3. The molecule has 4 rings (SSSR count). The summed E-state index contributed by atoms with van der Waals surface area (Å²) in [7, 11) is 3.06. The molecule has 34 heavy (non-hydrogen) atoms. The number of hydrogen-bond acceptors (Lipinski definition) is 9. The molecule has 180 valence electrons. The third kappa shape index (κ3) is 3.06. The lowest BCUT2D eigenvalue weighted by Gasteiger charge is -2.50. The summed E-state index contributed by atoms with van der Waals surface area (Å²) in [4.78, 5) is 52.5. The molecule has 1 saturated carbocycles. The number of aliphatic hydroxyl groups is 3. The summed E-state index contributed by atoms with van der Waals surface area (Å²) in [5.74, 6) is -7.46. The monoisotopic (exact) mass is 582 g/mol. The predicted molar refractivity (Wildman–Crippen MR) is 127 cm³/mol. The van der Waals surface area contributed by atoms with Crippen molar-refractivity contribution in [2.24, 2.45) is 17.6 Å². The van der Waals surface area contributed by atoms with Gasteiger partial charge in [0.05, 0.1) is 15.2 Å². The lowest BCUT2D eigenvalue weighted by Crippen LogP contribution is -2.65. The second kappa shape index (κ2) is 7.89. The van der Waals surface area contributed by atoms with Gasteiger partial charge in [-0.05, 0) is 74.0 Å². The van der Waals surface area contributed by atoms with Crippen LogP contribution in [-0.4, -0.2) is 74.3 Å². The van der Waals surface area contributed by atoms with Crippen molar-refractivity contribution in [3.8, 4) is 5.75 Å². The summed E-state index contributed by atoms with van der Waals surface area (Å²) >= 11 is 1.80.